The highest BCUT2D eigenvalue weighted by Crippen LogP contribution is 2.23. The third-order valence-corrected chi connectivity index (χ3v) is 2.03. The molecule has 0 radical (unpaired) electrons. The highest BCUT2D eigenvalue weighted by molar-refractivity contribution is 5.33. The van der Waals surface area contributed by atoms with Crippen molar-refractivity contribution < 1.29 is 9.15 Å². The minimum Gasteiger partial charge on any atom is -0.417 e. The molecule has 4 heteroatoms. The highest BCUT2D eigenvalue weighted by Gasteiger charge is 2.06. The second-order valence-electron chi connectivity index (χ2n) is 3.18. The number of benzene rings is 1. The molecule has 2 aromatic rings. The molecule has 0 aliphatic rings. The topological polar surface area (TPSA) is 61.3 Å². The van der Waals surface area contributed by atoms with Gasteiger partial charge in [0.2, 0.25) is 0 Å². The standard InChI is InChI=1S/C11H12N2O2/c1-8-4-2-3-5-10(8)15-11-13-9(6-12)7-14-11/h2-5,7H,6,12H2,1H3. The largest absolute Gasteiger partial charge is 0.417 e. The van der Waals surface area contributed by atoms with Gasteiger partial charge in [0, 0.05) is 6.54 Å². The minimum absolute atomic E-state index is 0.227. The Balaban J connectivity index is 2.18. The number of oxazole rings is 1. The molecular formula is C11H12N2O2. The molecule has 0 atom stereocenters. The maximum absolute atomic E-state index is 5.46. The summed E-state index contributed by atoms with van der Waals surface area (Å²) in [6.07, 6.45) is 1.72. The second kappa shape index (κ2) is 4.14. The summed E-state index contributed by atoms with van der Waals surface area (Å²) in [6.45, 7) is 2.31. The summed E-state index contributed by atoms with van der Waals surface area (Å²) in [7, 11) is 0. The molecule has 1 aromatic carbocycles. The molecule has 0 unspecified atom stereocenters. The van der Waals surface area contributed by atoms with Gasteiger partial charge < -0.3 is 14.9 Å². The summed E-state index contributed by atoms with van der Waals surface area (Å²) < 4.78 is 10.6. The Morgan fingerprint density at radius 3 is 2.87 bits per heavy atom. The number of rotatable bonds is 3. The average Bonchev–Trinajstić information content (AvgIpc) is 2.69. The fraction of sp³-hybridized carbons (Fsp3) is 0.182. The number of ether oxygens (including phenoxy) is 1. The smallest absolute Gasteiger partial charge is 0.399 e. The van der Waals surface area contributed by atoms with Gasteiger partial charge in [-0.2, -0.15) is 4.98 Å². The van der Waals surface area contributed by atoms with Crippen LogP contribution in [0.5, 0.6) is 11.8 Å². The summed E-state index contributed by atoms with van der Waals surface area (Å²) in [6, 6.07) is 7.67. The zero-order valence-electron chi connectivity index (χ0n) is 8.43. The molecule has 0 saturated carbocycles. The van der Waals surface area contributed by atoms with E-state index < -0.39 is 0 Å². The SMILES string of the molecule is Cc1ccccc1Oc1nc(CN)co1. The molecule has 4 nitrogen and oxygen atoms in total. The van der Waals surface area contributed by atoms with E-state index in [2.05, 4.69) is 4.98 Å². The predicted octanol–water partition coefficient (Wildman–Crippen LogP) is 2.23. The van der Waals surface area contributed by atoms with Crippen LogP contribution in [0.3, 0.4) is 0 Å². The van der Waals surface area contributed by atoms with Gasteiger partial charge in [-0.1, -0.05) is 18.2 Å². The monoisotopic (exact) mass is 204 g/mol. The van der Waals surface area contributed by atoms with Gasteiger partial charge in [0.15, 0.2) is 0 Å². The highest BCUT2D eigenvalue weighted by atomic mass is 16.6. The van der Waals surface area contributed by atoms with Crippen molar-refractivity contribution in [3.05, 3.63) is 41.8 Å². The Hall–Kier alpha value is -1.81. The molecule has 2 N–H and O–H groups in total. The molecule has 0 bridgehead atoms. The molecular weight excluding hydrogens is 192 g/mol. The van der Waals surface area contributed by atoms with E-state index in [9.17, 15) is 0 Å². The molecule has 0 aliphatic heterocycles. The molecule has 78 valence electrons. The van der Waals surface area contributed by atoms with Crippen LogP contribution in [0.1, 0.15) is 11.3 Å². The molecule has 0 spiro atoms. The van der Waals surface area contributed by atoms with Crippen LogP contribution in [0.15, 0.2) is 34.9 Å². The Morgan fingerprint density at radius 2 is 2.20 bits per heavy atom. The Labute approximate surface area is 87.7 Å². The van der Waals surface area contributed by atoms with Gasteiger partial charge in [-0.3, -0.25) is 0 Å². The van der Waals surface area contributed by atoms with Crippen molar-refractivity contribution in [3.63, 3.8) is 0 Å². The summed E-state index contributed by atoms with van der Waals surface area (Å²) in [5.41, 5.74) is 7.12. The first kappa shape index (κ1) is 9.73. The zero-order chi connectivity index (χ0) is 10.7. The fourth-order valence-electron chi connectivity index (χ4n) is 1.19. The second-order valence-corrected chi connectivity index (χ2v) is 3.18. The molecule has 0 aliphatic carbocycles. The van der Waals surface area contributed by atoms with Gasteiger partial charge >= 0.3 is 6.08 Å². The van der Waals surface area contributed by atoms with E-state index in [0.717, 1.165) is 11.3 Å². The minimum atomic E-state index is 0.227. The lowest BCUT2D eigenvalue weighted by atomic mass is 10.2. The summed E-state index contributed by atoms with van der Waals surface area (Å²) >= 11 is 0. The normalized spacial score (nSPS) is 10.3. The van der Waals surface area contributed by atoms with Crippen molar-refractivity contribution in [2.75, 3.05) is 0 Å². The van der Waals surface area contributed by atoms with Crippen LogP contribution in [-0.4, -0.2) is 4.98 Å². The lowest BCUT2D eigenvalue weighted by Gasteiger charge is -2.02. The summed E-state index contributed by atoms with van der Waals surface area (Å²) in [5.74, 6) is 0.739. The van der Waals surface area contributed by atoms with Crippen LogP contribution in [-0.2, 0) is 6.54 Å². The van der Waals surface area contributed by atoms with Crippen molar-refractivity contribution in [1.82, 2.24) is 4.98 Å². The first-order valence-corrected chi connectivity index (χ1v) is 4.67. The van der Waals surface area contributed by atoms with Crippen LogP contribution in [0, 0.1) is 6.92 Å². The lowest BCUT2D eigenvalue weighted by Crippen LogP contribution is -1.96. The maximum Gasteiger partial charge on any atom is 0.399 e. The van der Waals surface area contributed by atoms with Crippen molar-refractivity contribution in [2.45, 2.75) is 13.5 Å². The number of nitrogens with two attached hydrogens (primary N) is 1. The first-order valence-electron chi connectivity index (χ1n) is 4.67. The molecule has 15 heavy (non-hydrogen) atoms. The Bertz CT molecular complexity index is 451. The van der Waals surface area contributed by atoms with Crippen LogP contribution < -0.4 is 10.5 Å². The zero-order valence-corrected chi connectivity index (χ0v) is 8.43. The third kappa shape index (κ3) is 2.16. The molecule has 1 heterocycles. The lowest BCUT2D eigenvalue weighted by molar-refractivity contribution is 0.329. The average molecular weight is 204 g/mol. The van der Waals surface area contributed by atoms with E-state index in [1.54, 1.807) is 0 Å². The van der Waals surface area contributed by atoms with Gasteiger partial charge in [-0.05, 0) is 18.6 Å². The van der Waals surface area contributed by atoms with E-state index in [-0.39, 0.29) is 6.08 Å². The van der Waals surface area contributed by atoms with Crippen molar-refractivity contribution in [2.24, 2.45) is 5.73 Å². The van der Waals surface area contributed by atoms with E-state index in [0.29, 0.717) is 12.2 Å². The van der Waals surface area contributed by atoms with Crippen LogP contribution >= 0.6 is 0 Å². The third-order valence-electron chi connectivity index (χ3n) is 2.03. The quantitative estimate of drug-likeness (QED) is 0.832. The summed E-state index contributed by atoms with van der Waals surface area (Å²) in [4.78, 5) is 4.05. The van der Waals surface area contributed by atoms with Crippen LogP contribution in [0.2, 0.25) is 0 Å². The van der Waals surface area contributed by atoms with E-state index in [4.69, 9.17) is 14.9 Å². The Kier molecular flexibility index (Phi) is 2.69. The number of aromatic nitrogens is 1. The number of aryl methyl sites for hydroxylation is 1. The molecule has 0 saturated heterocycles. The van der Waals surface area contributed by atoms with Crippen LogP contribution in [0.25, 0.3) is 0 Å². The molecule has 1 aromatic heterocycles. The van der Waals surface area contributed by atoms with Crippen LogP contribution in [0.4, 0.5) is 0 Å². The van der Waals surface area contributed by atoms with Gasteiger partial charge in [-0.15, -0.1) is 0 Å². The van der Waals surface area contributed by atoms with E-state index >= 15 is 0 Å². The van der Waals surface area contributed by atoms with Crippen molar-refractivity contribution in [1.29, 1.82) is 0 Å². The molecule has 0 fully saturated rings. The fourth-order valence-corrected chi connectivity index (χ4v) is 1.19. The van der Waals surface area contributed by atoms with E-state index in [1.165, 1.54) is 6.26 Å². The van der Waals surface area contributed by atoms with Crippen molar-refractivity contribution in [3.8, 4) is 11.8 Å². The number of para-hydroxylation sites is 1. The van der Waals surface area contributed by atoms with Crippen molar-refractivity contribution >= 4 is 0 Å². The van der Waals surface area contributed by atoms with Gasteiger partial charge in [0.25, 0.3) is 0 Å². The molecule has 2 rings (SSSR count). The maximum atomic E-state index is 5.46. The van der Waals surface area contributed by atoms with Gasteiger partial charge in [0.05, 0.1) is 5.69 Å². The Morgan fingerprint density at radius 1 is 1.40 bits per heavy atom. The number of nitrogens with zero attached hydrogens (tertiary/aromatic N) is 1. The number of hydrogen-bond acceptors (Lipinski definition) is 4. The van der Waals surface area contributed by atoms with Gasteiger partial charge in [0.1, 0.15) is 12.0 Å². The van der Waals surface area contributed by atoms with Gasteiger partial charge in [-0.25, -0.2) is 0 Å². The predicted molar refractivity (Wildman–Crippen MR) is 55.6 cm³/mol. The molecule has 0 amide bonds. The first-order chi connectivity index (χ1) is 7.29. The summed E-state index contributed by atoms with van der Waals surface area (Å²) in [5, 5.41) is 0. The number of hydrogen-bond donors (Lipinski definition) is 1. The van der Waals surface area contributed by atoms with E-state index in [1.807, 2.05) is 31.2 Å².